The Bertz CT molecular complexity index is 777. The fourth-order valence-corrected chi connectivity index (χ4v) is 2.99. The number of carbonyl (C=O) groups is 3. The van der Waals surface area contributed by atoms with E-state index in [9.17, 15) is 14.4 Å². The Morgan fingerprint density at radius 3 is 2.30 bits per heavy atom. The standard InChI is InChI=1S/C20H21NO5S/c1-3-25-20(24)15-9-11-16(12-10-15)21-18(22)13-26-19(23)14(2)27-17-7-5-4-6-8-17/h4-12,14H,3,13H2,1-2H3,(H,21,22)/t14-/m1/s1. The molecule has 7 heteroatoms. The van der Waals surface area contributed by atoms with Crippen LogP contribution in [0.1, 0.15) is 24.2 Å². The summed E-state index contributed by atoms with van der Waals surface area (Å²) >= 11 is 1.37. The SMILES string of the molecule is CCOC(=O)c1ccc(NC(=O)COC(=O)[C@@H](C)Sc2ccccc2)cc1. The molecular weight excluding hydrogens is 366 g/mol. The number of esters is 2. The van der Waals surface area contributed by atoms with Crippen LogP contribution in [0.15, 0.2) is 59.5 Å². The van der Waals surface area contributed by atoms with Gasteiger partial charge in [-0.25, -0.2) is 4.79 Å². The van der Waals surface area contributed by atoms with Crippen molar-refractivity contribution >= 4 is 35.3 Å². The number of carbonyl (C=O) groups excluding carboxylic acids is 3. The van der Waals surface area contributed by atoms with Gasteiger partial charge in [-0.2, -0.15) is 0 Å². The second-order valence-electron chi connectivity index (χ2n) is 5.53. The number of nitrogens with one attached hydrogen (secondary N) is 1. The Morgan fingerprint density at radius 2 is 1.67 bits per heavy atom. The fraction of sp³-hybridized carbons (Fsp3) is 0.250. The Kier molecular flexibility index (Phi) is 7.88. The van der Waals surface area contributed by atoms with Gasteiger partial charge in [0.05, 0.1) is 12.2 Å². The lowest BCUT2D eigenvalue weighted by Crippen LogP contribution is -2.24. The van der Waals surface area contributed by atoms with E-state index in [-0.39, 0.29) is 6.61 Å². The van der Waals surface area contributed by atoms with E-state index in [2.05, 4.69) is 5.32 Å². The second-order valence-corrected chi connectivity index (χ2v) is 6.94. The van der Waals surface area contributed by atoms with Gasteiger partial charge in [-0.05, 0) is 50.2 Å². The number of ether oxygens (including phenoxy) is 2. The number of amides is 1. The first-order valence-electron chi connectivity index (χ1n) is 8.45. The third-order valence-corrected chi connectivity index (χ3v) is 4.50. The van der Waals surface area contributed by atoms with Crippen molar-refractivity contribution in [1.29, 1.82) is 0 Å². The van der Waals surface area contributed by atoms with Gasteiger partial charge in [0.1, 0.15) is 5.25 Å². The van der Waals surface area contributed by atoms with Gasteiger partial charge in [0.25, 0.3) is 5.91 Å². The smallest absolute Gasteiger partial charge is 0.338 e. The molecule has 1 atom stereocenters. The zero-order valence-electron chi connectivity index (χ0n) is 15.1. The predicted molar refractivity (Wildman–Crippen MR) is 104 cm³/mol. The van der Waals surface area contributed by atoms with E-state index >= 15 is 0 Å². The van der Waals surface area contributed by atoms with Gasteiger partial charge in [-0.1, -0.05) is 18.2 Å². The molecule has 1 amide bonds. The van der Waals surface area contributed by atoms with E-state index in [1.807, 2.05) is 30.3 Å². The molecule has 2 rings (SSSR count). The van der Waals surface area contributed by atoms with E-state index in [4.69, 9.17) is 9.47 Å². The maximum Gasteiger partial charge on any atom is 0.338 e. The number of thioether (sulfide) groups is 1. The summed E-state index contributed by atoms with van der Waals surface area (Å²) in [7, 11) is 0. The summed E-state index contributed by atoms with van der Waals surface area (Å²) in [6.45, 7) is 3.38. The number of anilines is 1. The molecule has 0 aliphatic carbocycles. The lowest BCUT2D eigenvalue weighted by Gasteiger charge is -2.11. The minimum absolute atomic E-state index is 0.295. The lowest BCUT2D eigenvalue weighted by atomic mass is 10.2. The van der Waals surface area contributed by atoms with Gasteiger partial charge in [-0.15, -0.1) is 11.8 Å². The van der Waals surface area contributed by atoms with E-state index in [1.54, 1.807) is 38.1 Å². The van der Waals surface area contributed by atoms with Crippen molar-refractivity contribution in [1.82, 2.24) is 0 Å². The minimum Gasteiger partial charge on any atom is -0.462 e. The zero-order valence-corrected chi connectivity index (χ0v) is 16.0. The van der Waals surface area contributed by atoms with Gasteiger partial charge in [0.15, 0.2) is 6.61 Å². The summed E-state index contributed by atoms with van der Waals surface area (Å²) < 4.78 is 9.95. The van der Waals surface area contributed by atoms with Crippen molar-refractivity contribution in [3.05, 3.63) is 60.2 Å². The molecular formula is C20H21NO5S. The molecule has 0 aliphatic heterocycles. The van der Waals surface area contributed by atoms with Crippen molar-refractivity contribution < 1.29 is 23.9 Å². The molecule has 2 aromatic rings. The molecule has 0 heterocycles. The summed E-state index contributed by atoms with van der Waals surface area (Å²) in [5.74, 6) is -1.34. The van der Waals surface area contributed by atoms with Crippen LogP contribution in [0.25, 0.3) is 0 Å². The second kappa shape index (κ2) is 10.4. The van der Waals surface area contributed by atoms with Gasteiger partial charge in [-0.3, -0.25) is 9.59 Å². The van der Waals surface area contributed by atoms with Gasteiger partial charge in [0.2, 0.25) is 0 Å². The number of hydrogen-bond acceptors (Lipinski definition) is 6. The Balaban J connectivity index is 1.78. The monoisotopic (exact) mass is 387 g/mol. The van der Waals surface area contributed by atoms with Crippen LogP contribution in [-0.4, -0.2) is 36.3 Å². The van der Waals surface area contributed by atoms with Crippen LogP contribution in [0, 0.1) is 0 Å². The molecule has 2 aromatic carbocycles. The van der Waals surface area contributed by atoms with Crippen molar-refractivity contribution in [3.8, 4) is 0 Å². The van der Waals surface area contributed by atoms with Crippen LogP contribution in [0.2, 0.25) is 0 Å². The zero-order chi connectivity index (χ0) is 19.6. The Morgan fingerprint density at radius 1 is 1.00 bits per heavy atom. The summed E-state index contributed by atoms with van der Waals surface area (Å²) in [5, 5.41) is 2.18. The van der Waals surface area contributed by atoms with E-state index in [0.29, 0.717) is 17.9 Å². The molecule has 0 fully saturated rings. The predicted octanol–water partition coefficient (Wildman–Crippen LogP) is 3.53. The normalized spacial score (nSPS) is 11.3. The first kappa shape index (κ1) is 20.5. The number of benzene rings is 2. The maximum absolute atomic E-state index is 12.0. The number of rotatable bonds is 8. The first-order valence-corrected chi connectivity index (χ1v) is 9.33. The summed E-state index contributed by atoms with van der Waals surface area (Å²) in [4.78, 5) is 36.5. The van der Waals surface area contributed by atoms with E-state index in [1.165, 1.54) is 11.8 Å². The van der Waals surface area contributed by atoms with Crippen molar-refractivity contribution in [3.63, 3.8) is 0 Å². The third-order valence-electron chi connectivity index (χ3n) is 3.41. The summed E-state index contributed by atoms with van der Waals surface area (Å²) in [5.41, 5.74) is 0.892. The molecule has 0 spiro atoms. The van der Waals surface area contributed by atoms with Crippen molar-refractivity contribution in [2.75, 3.05) is 18.5 Å². The quantitative estimate of drug-likeness (QED) is 0.551. The average molecular weight is 387 g/mol. The van der Waals surface area contributed by atoms with Gasteiger partial charge in [0, 0.05) is 10.6 Å². The molecule has 0 aliphatic rings. The molecule has 27 heavy (non-hydrogen) atoms. The molecule has 0 radical (unpaired) electrons. The van der Waals surface area contributed by atoms with E-state index in [0.717, 1.165) is 4.90 Å². The third kappa shape index (κ3) is 6.79. The molecule has 0 aromatic heterocycles. The molecule has 1 N–H and O–H groups in total. The van der Waals surface area contributed by atoms with Crippen LogP contribution >= 0.6 is 11.8 Å². The largest absolute Gasteiger partial charge is 0.462 e. The van der Waals surface area contributed by atoms with Crippen molar-refractivity contribution in [2.24, 2.45) is 0 Å². The highest BCUT2D eigenvalue weighted by Gasteiger charge is 2.17. The van der Waals surface area contributed by atoms with E-state index < -0.39 is 23.1 Å². The van der Waals surface area contributed by atoms with Crippen LogP contribution in [0.4, 0.5) is 5.69 Å². The number of hydrogen-bond donors (Lipinski definition) is 1. The van der Waals surface area contributed by atoms with Crippen LogP contribution in [-0.2, 0) is 19.1 Å². The average Bonchev–Trinajstić information content (AvgIpc) is 2.67. The van der Waals surface area contributed by atoms with Gasteiger partial charge < -0.3 is 14.8 Å². The Hall–Kier alpha value is -2.80. The highest BCUT2D eigenvalue weighted by atomic mass is 32.2. The van der Waals surface area contributed by atoms with Crippen LogP contribution in [0.5, 0.6) is 0 Å². The van der Waals surface area contributed by atoms with Crippen molar-refractivity contribution in [2.45, 2.75) is 24.0 Å². The van der Waals surface area contributed by atoms with Crippen LogP contribution in [0.3, 0.4) is 0 Å². The molecule has 142 valence electrons. The highest BCUT2D eigenvalue weighted by molar-refractivity contribution is 8.00. The minimum atomic E-state index is -0.461. The summed E-state index contributed by atoms with van der Waals surface area (Å²) in [6, 6.07) is 15.8. The molecule has 0 unspecified atom stereocenters. The molecule has 0 saturated carbocycles. The molecule has 0 saturated heterocycles. The topological polar surface area (TPSA) is 81.7 Å². The highest BCUT2D eigenvalue weighted by Crippen LogP contribution is 2.23. The first-order chi connectivity index (χ1) is 13.0. The summed E-state index contributed by atoms with van der Waals surface area (Å²) in [6.07, 6.45) is 0. The lowest BCUT2D eigenvalue weighted by molar-refractivity contribution is -0.146. The Labute approximate surface area is 162 Å². The molecule has 6 nitrogen and oxygen atoms in total. The fourth-order valence-electron chi connectivity index (χ4n) is 2.11. The van der Waals surface area contributed by atoms with Crippen LogP contribution < -0.4 is 5.32 Å². The molecule has 0 bridgehead atoms. The van der Waals surface area contributed by atoms with Gasteiger partial charge >= 0.3 is 11.9 Å². The maximum atomic E-state index is 12.0.